The first-order valence-electron chi connectivity index (χ1n) is 6.70. The molecule has 2 amide bonds. The number of hydrogen-bond acceptors (Lipinski definition) is 3. The van der Waals surface area contributed by atoms with Crippen LogP contribution in [0.2, 0.25) is 0 Å². The molecule has 6 nitrogen and oxygen atoms in total. The summed E-state index contributed by atoms with van der Waals surface area (Å²) in [5.74, 6) is -0.338. The van der Waals surface area contributed by atoms with Crippen LogP contribution in [0.4, 0.5) is 4.79 Å². The largest absolute Gasteiger partial charge is 0.480 e. The Morgan fingerprint density at radius 3 is 2.53 bits per heavy atom. The van der Waals surface area contributed by atoms with E-state index in [1.165, 1.54) is 12.8 Å². The highest BCUT2D eigenvalue weighted by Gasteiger charge is 2.45. The number of carbonyl (C=O) groups is 2. The van der Waals surface area contributed by atoms with Gasteiger partial charge >= 0.3 is 12.0 Å². The van der Waals surface area contributed by atoms with Crippen LogP contribution >= 0.6 is 0 Å². The van der Waals surface area contributed by atoms with Crippen molar-refractivity contribution < 1.29 is 19.4 Å². The van der Waals surface area contributed by atoms with E-state index < -0.39 is 11.6 Å². The molecule has 1 N–H and O–H groups in total. The van der Waals surface area contributed by atoms with Crippen molar-refractivity contribution in [1.29, 1.82) is 0 Å². The summed E-state index contributed by atoms with van der Waals surface area (Å²) in [6.07, 6.45) is 2.41. The summed E-state index contributed by atoms with van der Waals surface area (Å²) >= 11 is 0. The maximum absolute atomic E-state index is 12.2. The van der Waals surface area contributed by atoms with Gasteiger partial charge in [-0.2, -0.15) is 0 Å². The summed E-state index contributed by atoms with van der Waals surface area (Å²) in [6, 6.07) is 0.287. The van der Waals surface area contributed by atoms with Crippen LogP contribution < -0.4 is 0 Å². The van der Waals surface area contributed by atoms with Crippen molar-refractivity contribution in [1.82, 2.24) is 9.80 Å². The normalized spacial score (nSPS) is 22.6. The number of amides is 2. The molecule has 0 radical (unpaired) electrons. The summed E-state index contributed by atoms with van der Waals surface area (Å²) in [7, 11) is 1.83. The number of rotatable bonds is 5. The summed E-state index contributed by atoms with van der Waals surface area (Å²) in [5.41, 5.74) is -0.516. The molecule has 1 heterocycles. The number of carboxylic acids is 1. The first-order valence-corrected chi connectivity index (χ1v) is 6.70. The van der Waals surface area contributed by atoms with E-state index >= 15 is 0 Å². The standard InChI is InChI=1S/C13H22N2O4/c1-9(10-4-5-10)14(3)12(18)15-7-13(2,8-15)19-6-11(16)17/h9-10H,4-8H2,1-3H3,(H,16,17). The molecular formula is C13H22N2O4. The third-order valence-corrected chi connectivity index (χ3v) is 4.08. The van der Waals surface area contributed by atoms with E-state index in [2.05, 4.69) is 6.92 Å². The van der Waals surface area contributed by atoms with E-state index in [1.54, 1.807) is 9.80 Å². The molecule has 19 heavy (non-hydrogen) atoms. The minimum absolute atomic E-state index is 0.0100. The van der Waals surface area contributed by atoms with Gasteiger partial charge in [0.05, 0.1) is 13.1 Å². The first kappa shape index (κ1) is 14.1. The molecule has 108 valence electrons. The monoisotopic (exact) mass is 270 g/mol. The highest BCUT2D eigenvalue weighted by molar-refractivity contribution is 5.76. The fourth-order valence-electron chi connectivity index (χ4n) is 2.52. The average molecular weight is 270 g/mol. The van der Waals surface area contributed by atoms with Crippen LogP contribution in [0.15, 0.2) is 0 Å². The molecule has 1 aliphatic carbocycles. The second-order valence-electron chi connectivity index (χ2n) is 5.96. The fourth-order valence-corrected chi connectivity index (χ4v) is 2.52. The fraction of sp³-hybridized carbons (Fsp3) is 0.846. The van der Waals surface area contributed by atoms with Gasteiger partial charge in [0, 0.05) is 13.1 Å². The highest BCUT2D eigenvalue weighted by atomic mass is 16.5. The maximum Gasteiger partial charge on any atom is 0.329 e. The highest BCUT2D eigenvalue weighted by Crippen LogP contribution is 2.35. The van der Waals surface area contributed by atoms with E-state index in [9.17, 15) is 9.59 Å². The number of carbonyl (C=O) groups excluding carboxylic acids is 1. The van der Waals surface area contributed by atoms with Crippen LogP contribution in [-0.4, -0.2) is 65.3 Å². The van der Waals surface area contributed by atoms with E-state index in [4.69, 9.17) is 9.84 Å². The molecule has 0 aromatic heterocycles. The minimum Gasteiger partial charge on any atom is -0.480 e. The van der Waals surface area contributed by atoms with Crippen LogP contribution in [0, 0.1) is 5.92 Å². The van der Waals surface area contributed by atoms with Gasteiger partial charge in [0.2, 0.25) is 0 Å². The lowest BCUT2D eigenvalue weighted by Crippen LogP contribution is -2.66. The Labute approximate surface area is 113 Å². The number of nitrogens with zero attached hydrogens (tertiary/aromatic N) is 2. The van der Waals surface area contributed by atoms with Gasteiger partial charge in [-0.25, -0.2) is 9.59 Å². The molecule has 1 unspecified atom stereocenters. The molecule has 1 atom stereocenters. The average Bonchev–Trinajstić information content (AvgIpc) is 3.14. The molecule has 0 aromatic carbocycles. The number of likely N-dealkylation sites (tertiary alicyclic amines) is 1. The molecule has 1 saturated carbocycles. The zero-order valence-electron chi connectivity index (χ0n) is 11.8. The van der Waals surface area contributed by atoms with Gasteiger partial charge in [0.1, 0.15) is 12.2 Å². The Balaban J connectivity index is 1.78. The Morgan fingerprint density at radius 2 is 2.05 bits per heavy atom. The lowest BCUT2D eigenvalue weighted by Gasteiger charge is -2.48. The maximum atomic E-state index is 12.2. The zero-order chi connectivity index (χ0) is 14.2. The summed E-state index contributed by atoms with van der Waals surface area (Å²) < 4.78 is 5.30. The molecule has 1 aliphatic heterocycles. The summed E-state index contributed by atoms with van der Waals surface area (Å²) in [5, 5.41) is 8.59. The lowest BCUT2D eigenvalue weighted by molar-refractivity contribution is -0.160. The van der Waals surface area contributed by atoms with Crippen LogP contribution in [0.25, 0.3) is 0 Å². The molecule has 2 rings (SSSR count). The molecule has 6 heteroatoms. The number of hydrogen-bond donors (Lipinski definition) is 1. The number of urea groups is 1. The molecule has 1 saturated heterocycles. The van der Waals surface area contributed by atoms with Crippen molar-refractivity contribution in [3.8, 4) is 0 Å². The Kier molecular flexibility index (Phi) is 3.71. The Morgan fingerprint density at radius 1 is 1.47 bits per heavy atom. The zero-order valence-corrected chi connectivity index (χ0v) is 11.8. The third-order valence-electron chi connectivity index (χ3n) is 4.08. The van der Waals surface area contributed by atoms with Gasteiger partial charge in [-0.3, -0.25) is 0 Å². The van der Waals surface area contributed by atoms with Gasteiger partial charge < -0.3 is 19.6 Å². The van der Waals surface area contributed by atoms with Crippen molar-refractivity contribution in [2.75, 3.05) is 26.7 Å². The molecule has 0 aromatic rings. The van der Waals surface area contributed by atoms with Gasteiger partial charge in [0.25, 0.3) is 0 Å². The molecule has 2 fully saturated rings. The van der Waals surface area contributed by atoms with Crippen molar-refractivity contribution in [2.24, 2.45) is 5.92 Å². The molecule has 0 spiro atoms. The van der Waals surface area contributed by atoms with Crippen molar-refractivity contribution >= 4 is 12.0 Å². The number of ether oxygens (including phenoxy) is 1. The van der Waals surface area contributed by atoms with Crippen LogP contribution in [0.1, 0.15) is 26.7 Å². The minimum atomic E-state index is -0.981. The predicted octanol–water partition coefficient (Wildman–Crippen LogP) is 1.01. The van der Waals surface area contributed by atoms with Gasteiger partial charge in [-0.15, -0.1) is 0 Å². The number of aliphatic carboxylic acids is 1. The number of carboxylic acid groups (broad SMARTS) is 1. The van der Waals surface area contributed by atoms with E-state index in [1.807, 2.05) is 14.0 Å². The van der Waals surface area contributed by atoms with E-state index in [-0.39, 0.29) is 18.7 Å². The van der Waals surface area contributed by atoms with Crippen LogP contribution in [0.3, 0.4) is 0 Å². The van der Waals surface area contributed by atoms with Gasteiger partial charge in [0.15, 0.2) is 0 Å². The lowest BCUT2D eigenvalue weighted by atomic mass is 9.97. The Hall–Kier alpha value is -1.30. The smallest absolute Gasteiger partial charge is 0.329 e. The summed E-state index contributed by atoms with van der Waals surface area (Å²) in [4.78, 5) is 26.2. The first-order chi connectivity index (χ1) is 8.82. The predicted molar refractivity (Wildman–Crippen MR) is 68.9 cm³/mol. The Bertz CT molecular complexity index is 375. The van der Waals surface area contributed by atoms with E-state index in [0.717, 1.165) is 0 Å². The molecule has 2 aliphatic rings. The van der Waals surface area contributed by atoms with Crippen molar-refractivity contribution in [3.63, 3.8) is 0 Å². The topological polar surface area (TPSA) is 70.1 Å². The van der Waals surface area contributed by atoms with Crippen LogP contribution in [0.5, 0.6) is 0 Å². The van der Waals surface area contributed by atoms with Crippen molar-refractivity contribution in [3.05, 3.63) is 0 Å². The van der Waals surface area contributed by atoms with Gasteiger partial charge in [-0.05, 0) is 32.6 Å². The van der Waals surface area contributed by atoms with Crippen molar-refractivity contribution in [2.45, 2.75) is 38.3 Å². The summed E-state index contributed by atoms with van der Waals surface area (Å²) in [6.45, 7) is 4.52. The second kappa shape index (κ2) is 5.00. The van der Waals surface area contributed by atoms with E-state index in [0.29, 0.717) is 19.0 Å². The SMILES string of the molecule is CC(C1CC1)N(C)C(=O)N1CC(C)(OCC(=O)O)C1. The molecular weight excluding hydrogens is 248 g/mol. The molecule has 0 bridgehead atoms. The second-order valence-corrected chi connectivity index (χ2v) is 5.96. The third kappa shape index (κ3) is 3.18. The quantitative estimate of drug-likeness (QED) is 0.809. The van der Waals surface area contributed by atoms with Crippen LogP contribution in [-0.2, 0) is 9.53 Å². The van der Waals surface area contributed by atoms with Gasteiger partial charge in [-0.1, -0.05) is 0 Å².